The molecule has 0 radical (unpaired) electrons. The van der Waals surface area contributed by atoms with Crippen molar-refractivity contribution in [2.75, 3.05) is 13.7 Å². The second-order valence-electron chi connectivity index (χ2n) is 6.12. The van der Waals surface area contributed by atoms with Gasteiger partial charge in [-0.1, -0.05) is 37.3 Å². The van der Waals surface area contributed by atoms with Gasteiger partial charge in [0.2, 0.25) is 5.91 Å². The van der Waals surface area contributed by atoms with Crippen LogP contribution < -0.4 is 4.74 Å². The highest BCUT2D eigenvalue weighted by Gasteiger charge is 2.21. The van der Waals surface area contributed by atoms with E-state index in [1.807, 2.05) is 31.2 Å². The van der Waals surface area contributed by atoms with Crippen LogP contribution in [0.1, 0.15) is 30.4 Å². The van der Waals surface area contributed by atoms with Crippen LogP contribution in [0.2, 0.25) is 0 Å². The first-order valence-electron chi connectivity index (χ1n) is 8.27. The molecular weight excluding hydrogens is 337 g/mol. The lowest BCUT2D eigenvalue weighted by atomic mass is 9.96. The van der Waals surface area contributed by atoms with Gasteiger partial charge >= 0.3 is 5.97 Å². The van der Waals surface area contributed by atoms with E-state index < -0.39 is 12.5 Å². The Labute approximate surface area is 152 Å². The molecule has 5 nitrogen and oxygen atoms in total. The number of rotatable bonds is 8. The fourth-order valence-corrected chi connectivity index (χ4v) is 2.78. The number of carboxylic acid groups (broad SMARTS) is 1. The average molecular weight is 359 g/mol. The predicted octanol–water partition coefficient (Wildman–Crippen LogP) is 3.44. The van der Waals surface area contributed by atoms with Crippen LogP contribution in [0.5, 0.6) is 5.75 Å². The van der Waals surface area contributed by atoms with Gasteiger partial charge in [-0.2, -0.15) is 0 Å². The molecule has 0 fully saturated rings. The molecule has 2 aromatic rings. The van der Waals surface area contributed by atoms with E-state index in [0.29, 0.717) is 11.3 Å². The summed E-state index contributed by atoms with van der Waals surface area (Å²) >= 11 is 0. The molecular formula is C20H22FNO4. The quantitative estimate of drug-likeness (QED) is 0.784. The first kappa shape index (κ1) is 19.4. The number of ether oxygens (including phenoxy) is 1. The summed E-state index contributed by atoms with van der Waals surface area (Å²) in [5.41, 5.74) is 1.56. The molecule has 0 aliphatic rings. The number of halogens is 1. The maximum atomic E-state index is 13.0. The topological polar surface area (TPSA) is 66.8 Å². The standard InChI is InChI=1S/C20H22FNO4/c1-14(17-5-3-4-6-18(17)26-2)11-19(23)22(13-20(24)25)12-15-7-9-16(21)10-8-15/h3-10,14H,11-13H2,1-2H3,(H,24,25). The zero-order valence-corrected chi connectivity index (χ0v) is 14.8. The van der Waals surface area contributed by atoms with Gasteiger partial charge in [0.25, 0.3) is 0 Å². The Morgan fingerprint density at radius 1 is 1.15 bits per heavy atom. The number of carboxylic acids is 1. The molecule has 2 rings (SSSR count). The Kier molecular flexibility index (Phi) is 6.72. The third-order valence-corrected chi connectivity index (χ3v) is 4.12. The first-order chi connectivity index (χ1) is 12.4. The second kappa shape index (κ2) is 8.99. The Hall–Kier alpha value is -2.89. The van der Waals surface area contributed by atoms with Crippen molar-refractivity contribution >= 4 is 11.9 Å². The predicted molar refractivity (Wildman–Crippen MR) is 95.5 cm³/mol. The molecule has 0 bridgehead atoms. The maximum absolute atomic E-state index is 13.0. The Bertz CT molecular complexity index is 761. The highest BCUT2D eigenvalue weighted by molar-refractivity contribution is 5.82. The van der Waals surface area contributed by atoms with Gasteiger partial charge < -0.3 is 14.7 Å². The summed E-state index contributed by atoms with van der Waals surface area (Å²) in [5.74, 6) is -1.20. The Balaban J connectivity index is 2.12. The highest BCUT2D eigenvalue weighted by Crippen LogP contribution is 2.29. The second-order valence-corrected chi connectivity index (χ2v) is 6.12. The van der Waals surface area contributed by atoms with E-state index in [1.54, 1.807) is 19.2 Å². The van der Waals surface area contributed by atoms with Crippen molar-refractivity contribution in [1.82, 2.24) is 4.90 Å². The number of carbonyl (C=O) groups is 2. The minimum atomic E-state index is -1.09. The lowest BCUT2D eigenvalue weighted by molar-refractivity contribution is -0.145. The lowest BCUT2D eigenvalue weighted by Crippen LogP contribution is -2.35. The number of aliphatic carboxylic acids is 1. The molecule has 0 heterocycles. The summed E-state index contributed by atoms with van der Waals surface area (Å²) < 4.78 is 18.4. The molecule has 1 atom stereocenters. The van der Waals surface area contributed by atoms with Crippen LogP contribution in [0, 0.1) is 5.82 Å². The maximum Gasteiger partial charge on any atom is 0.323 e. The number of para-hydroxylation sites is 1. The van der Waals surface area contributed by atoms with E-state index in [0.717, 1.165) is 5.56 Å². The summed E-state index contributed by atoms with van der Waals surface area (Å²) in [6.07, 6.45) is 0.148. The van der Waals surface area contributed by atoms with Gasteiger partial charge in [0.1, 0.15) is 18.1 Å². The minimum Gasteiger partial charge on any atom is -0.496 e. The minimum absolute atomic E-state index is 0.115. The molecule has 0 saturated carbocycles. The van der Waals surface area contributed by atoms with Gasteiger partial charge in [0.05, 0.1) is 7.11 Å². The van der Waals surface area contributed by atoms with Crippen LogP contribution in [0.4, 0.5) is 4.39 Å². The first-order valence-corrected chi connectivity index (χ1v) is 8.27. The molecule has 26 heavy (non-hydrogen) atoms. The highest BCUT2D eigenvalue weighted by atomic mass is 19.1. The molecule has 1 N–H and O–H groups in total. The van der Waals surface area contributed by atoms with Gasteiger partial charge in [-0.05, 0) is 35.2 Å². The van der Waals surface area contributed by atoms with E-state index in [2.05, 4.69) is 0 Å². The fourth-order valence-electron chi connectivity index (χ4n) is 2.78. The van der Waals surface area contributed by atoms with Crippen LogP contribution in [0.15, 0.2) is 48.5 Å². The van der Waals surface area contributed by atoms with E-state index in [-0.39, 0.29) is 30.6 Å². The molecule has 0 aromatic heterocycles. The summed E-state index contributed by atoms with van der Waals surface area (Å²) in [6.45, 7) is 1.60. The lowest BCUT2D eigenvalue weighted by Gasteiger charge is -2.23. The third kappa shape index (κ3) is 5.31. The summed E-state index contributed by atoms with van der Waals surface area (Å²) in [7, 11) is 1.57. The number of hydrogen-bond acceptors (Lipinski definition) is 3. The summed E-state index contributed by atoms with van der Waals surface area (Å²) in [4.78, 5) is 25.1. The monoisotopic (exact) mass is 359 g/mol. The van der Waals surface area contributed by atoms with Crippen LogP contribution >= 0.6 is 0 Å². The zero-order chi connectivity index (χ0) is 19.1. The molecule has 0 aliphatic carbocycles. The van der Waals surface area contributed by atoms with Crippen molar-refractivity contribution in [3.8, 4) is 5.75 Å². The Morgan fingerprint density at radius 2 is 1.81 bits per heavy atom. The molecule has 0 aliphatic heterocycles. The van der Waals surface area contributed by atoms with Gasteiger partial charge in [-0.25, -0.2) is 4.39 Å². The van der Waals surface area contributed by atoms with E-state index in [9.17, 15) is 14.0 Å². The van der Waals surface area contributed by atoms with Gasteiger partial charge in [-0.3, -0.25) is 9.59 Å². The largest absolute Gasteiger partial charge is 0.496 e. The number of hydrogen-bond donors (Lipinski definition) is 1. The smallest absolute Gasteiger partial charge is 0.323 e. The average Bonchev–Trinajstić information content (AvgIpc) is 2.62. The van der Waals surface area contributed by atoms with Crippen LogP contribution in [0.25, 0.3) is 0 Å². The van der Waals surface area contributed by atoms with Crippen LogP contribution in [-0.4, -0.2) is 35.5 Å². The van der Waals surface area contributed by atoms with E-state index in [1.165, 1.54) is 17.0 Å². The van der Waals surface area contributed by atoms with Gasteiger partial charge in [0.15, 0.2) is 0 Å². The molecule has 2 aromatic carbocycles. The van der Waals surface area contributed by atoms with Gasteiger partial charge in [0, 0.05) is 13.0 Å². The fraction of sp³-hybridized carbons (Fsp3) is 0.300. The normalized spacial score (nSPS) is 11.7. The van der Waals surface area contributed by atoms with Gasteiger partial charge in [-0.15, -0.1) is 0 Å². The zero-order valence-electron chi connectivity index (χ0n) is 14.8. The van der Waals surface area contributed by atoms with Crippen molar-refractivity contribution in [3.63, 3.8) is 0 Å². The van der Waals surface area contributed by atoms with Crippen molar-refractivity contribution in [3.05, 3.63) is 65.5 Å². The van der Waals surface area contributed by atoms with Crippen LogP contribution in [0.3, 0.4) is 0 Å². The van der Waals surface area contributed by atoms with E-state index in [4.69, 9.17) is 9.84 Å². The molecule has 138 valence electrons. The van der Waals surface area contributed by atoms with Crippen molar-refractivity contribution in [1.29, 1.82) is 0 Å². The number of benzene rings is 2. The van der Waals surface area contributed by atoms with Crippen LogP contribution in [-0.2, 0) is 16.1 Å². The SMILES string of the molecule is COc1ccccc1C(C)CC(=O)N(CC(=O)O)Cc1ccc(F)cc1. The number of amides is 1. The number of methoxy groups -OCH3 is 1. The number of nitrogens with zero attached hydrogens (tertiary/aromatic N) is 1. The molecule has 6 heteroatoms. The van der Waals surface area contributed by atoms with Crippen molar-refractivity contribution < 1.29 is 23.8 Å². The molecule has 0 saturated heterocycles. The van der Waals surface area contributed by atoms with Crippen molar-refractivity contribution in [2.45, 2.75) is 25.8 Å². The molecule has 0 spiro atoms. The number of carbonyl (C=O) groups excluding carboxylic acids is 1. The third-order valence-electron chi connectivity index (χ3n) is 4.12. The Morgan fingerprint density at radius 3 is 2.42 bits per heavy atom. The molecule has 1 amide bonds. The van der Waals surface area contributed by atoms with Crippen molar-refractivity contribution in [2.24, 2.45) is 0 Å². The molecule has 1 unspecified atom stereocenters. The van der Waals surface area contributed by atoms with E-state index >= 15 is 0 Å². The summed E-state index contributed by atoms with van der Waals surface area (Å²) in [6, 6.07) is 13.1. The summed E-state index contributed by atoms with van der Waals surface area (Å²) in [5, 5.41) is 9.11.